The lowest BCUT2D eigenvalue weighted by Gasteiger charge is -2.10. The van der Waals surface area contributed by atoms with E-state index in [4.69, 9.17) is 0 Å². The van der Waals surface area contributed by atoms with E-state index in [0.717, 1.165) is 0 Å². The molecule has 0 unspecified atom stereocenters. The van der Waals surface area contributed by atoms with E-state index in [-0.39, 0.29) is 42.2 Å². The van der Waals surface area contributed by atoms with Crippen LogP contribution in [0.2, 0.25) is 0 Å². The highest BCUT2D eigenvalue weighted by Crippen LogP contribution is 2.28. The molecule has 1 amide bonds. The highest BCUT2D eigenvalue weighted by molar-refractivity contribution is 5.77. The van der Waals surface area contributed by atoms with Gasteiger partial charge in [-0.15, -0.1) is 0 Å². The quantitative estimate of drug-likeness (QED) is 0.498. The first-order chi connectivity index (χ1) is 9.45. The summed E-state index contributed by atoms with van der Waals surface area (Å²) in [6.07, 6.45) is 1.42. The molecule has 1 rings (SSSR count). The van der Waals surface area contributed by atoms with Gasteiger partial charge in [0.05, 0.1) is 4.92 Å². The van der Waals surface area contributed by atoms with Crippen LogP contribution < -0.4 is 16.0 Å². The van der Waals surface area contributed by atoms with Crippen LogP contribution >= 0.6 is 0 Å². The number of nitro groups is 1. The standard InChI is InChI=1S/C11H18N6O3/c1-7(2)16-8(18)4-5-13-11-9(17(19)20)10(12-3)14-6-15-11/h6-7H,4-5H2,1-3H3,(H,16,18)(H2,12,13,14,15). The first-order valence-electron chi connectivity index (χ1n) is 6.16. The van der Waals surface area contributed by atoms with E-state index in [0.29, 0.717) is 0 Å². The number of hydrogen-bond acceptors (Lipinski definition) is 7. The topological polar surface area (TPSA) is 122 Å². The third-order valence-electron chi connectivity index (χ3n) is 2.34. The fraction of sp³-hybridized carbons (Fsp3) is 0.545. The summed E-state index contributed by atoms with van der Waals surface area (Å²) in [5.41, 5.74) is -0.237. The Morgan fingerprint density at radius 3 is 2.60 bits per heavy atom. The van der Waals surface area contributed by atoms with E-state index in [1.807, 2.05) is 13.8 Å². The molecule has 1 aromatic heterocycles. The maximum Gasteiger partial charge on any atom is 0.353 e. The SMILES string of the molecule is CNc1ncnc(NCCC(=O)NC(C)C)c1[N+](=O)[O-]. The summed E-state index contributed by atoms with van der Waals surface area (Å²) in [6.45, 7) is 3.97. The normalized spacial score (nSPS) is 10.2. The first kappa shape index (κ1) is 15.6. The Bertz CT molecular complexity index is 491. The molecular formula is C11H18N6O3. The lowest BCUT2D eigenvalue weighted by Crippen LogP contribution is -2.31. The molecule has 9 nitrogen and oxygen atoms in total. The molecule has 110 valence electrons. The third-order valence-corrected chi connectivity index (χ3v) is 2.34. The van der Waals surface area contributed by atoms with Gasteiger partial charge >= 0.3 is 5.69 Å². The maximum absolute atomic E-state index is 11.5. The van der Waals surface area contributed by atoms with Crippen molar-refractivity contribution in [3.8, 4) is 0 Å². The van der Waals surface area contributed by atoms with Crippen molar-refractivity contribution in [2.45, 2.75) is 26.3 Å². The number of carbonyl (C=O) groups excluding carboxylic acids is 1. The minimum absolute atomic E-state index is 0.0618. The molecule has 0 aliphatic carbocycles. The number of carbonyl (C=O) groups is 1. The zero-order valence-electron chi connectivity index (χ0n) is 11.6. The van der Waals surface area contributed by atoms with Crippen LogP contribution in [0.3, 0.4) is 0 Å². The minimum Gasteiger partial charge on any atom is -0.367 e. The van der Waals surface area contributed by atoms with Crippen LogP contribution in [0.25, 0.3) is 0 Å². The molecule has 1 heterocycles. The van der Waals surface area contributed by atoms with Crippen LogP contribution in [0.1, 0.15) is 20.3 Å². The molecule has 0 fully saturated rings. The van der Waals surface area contributed by atoms with Gasteiger partial charge in [0.2, 0.25) is 17.5 Å². The molecule has 0 bridgehead atoms. The van der Waals surface area contributed by atoms with Gasteiger partial charge < -0.3 is 16.0 Å². The number of rotatable bonds is 7. The van der Waals surface area contributed by atoms with Gasteiger partial charge in [0, 0.05) is 26.1 Å². The van der Waals surface area contributed by atoms with Gasteiger partial charge in [0.1, 0.15) is 6.33 Å². The van der Waals surface area contributed by atoms with Gasteiger partial charge in [-0.2, -0.15) is 0 Å². The second-order valence-corrected chi connectivity index (χ2v) is 4.33. The molecule has 3 N–H and O–H groups in total. The van der Waals surface area contributed by atoms with Crippen molar-refractivity contribution in [1.82, 2.24) is 15.3 Å². The third kappa shape index (κ3) is 4.34. The molecule has 20 heavy (non-hydrogen) atoms. The van der Waals surface area contributed by atoms with E-state index in [1.54, 1.807) is 0 Å². The summed E-state index contributed by atoms with van der Waals surface area (Å²) in [7, 11) is 1.54. The Morgan fingerprint density at radius 1 is 1.40 bits per heavy atom. The first-order valence-corrected chi connectivity index (χ1v) is 6.16. The lowest BCUT2D eigenvalue weighted by atomic mass is 10.3. The summed E-state index contributed by atoms with van der Waals surface area (Å²) in [5.74, 6) is 0.0869. The fourth-order valence-electron chi connectivity index (χ4n) is 1.55. The largest absolute Gasteiger partial charge is 0.367 e. The Kier molecular flexibility index (Phi) is 5.63. The summed E-state index contributed by atoms with van der Waals surface area (Å²) in [5, 5.41) is 19.2. The van der Waals surface area contributed by atoms with E-state index in [2.05, 4.69) is 25.9 Å². The molecule has 0 saturated heterocycles. The summed E-state index contributed by atoms with van der Waals surface area (Å²) < 4.78 is 0. The highest BCUT2D eigenvalue weighted by Gasteiger charge is 2.21. The Balaban J connectivity index is 2.69. The zero-order chi connectivity index (χ0) is 15.1. The van der Waals surface area contributed by atoms with Crippen molar-refractivity contribution in [3.63, 3.8) is 0 Å². The minimum atomic E-state index is -0.567. The molecule has 9 heteroatoms. The van der Waals surface area contributed by atoms with Crippen molar-refractivity contribution in [1.29, 1.82) is 0 Å². The molecule has 0 aliphatic rings. The summed E-state index contributed by atoms with van der Waals surface area (Å²) in [4.78, 5) is 29.5. The summed E-state index contributed by atoms with van der Waals surface area (Å²) >= 11 is 0. The molecule has 0 radical (unpaired) electrons. The number of nitrogens with one attached hydrogen (secondary N) is 3. The van der Waals surface area contributed by atoms with Gasteiger partial charge in [0.25, 0.3) is 0 Å². The van der Waals surface area contributed by atoms with Crippen LogP contribution in [-0.2, 0) is 4.79 Å². The highest BCUT2D eigenvalue weighted by atomic mass is 16.6. The zero-order valence-corrected chi connectivity index (χ0v) is 11.6. The van der Waals surface area contributed by atoms with E-state index < -0.39 is 4.92 Å². The molecular weight excluding hydrogens is 264 g/mol. The Labute approximate surface area is 116 Å². The van der Waals surface area contributed by atoms with Crippen molar-refractivity contribution in [3.05, 3.63) is 16.4 Å². The number of anilines is 2. The summed E-state index contributed by atoms with van der Waals surface area (Å²) in [6, 6.07) is 0.0618. The van der Waals surface area contributed by atoms with Gasteiger partial charge in [0.15, 0.2) is 0 Å². The van der Waals surface area contributed by atoms with Gasteiger partial charge in [-0.05, 0) is 13.8 Å². The molecule has 0 saturated carbocycles. The lowest BCUT2D eigenvalue weighted by molar-refractivity contribution is -0.383. The van der Waals surface area contributed by atoms with Crippen LogP contribution in [0.5, 0.6) is 0 Å². The molecule has 0 atom stereocenters. The predicted octanol–water partition coefficient (Wildman–Crippen LogP) is 0.753. The van der Waals surface area contributed by atoms with E-state index in [1.165, 1.54) is 13.4 Å². The molecule has 0 aliphatic heterocycles. The number of aromatic nitrogens is 2. The number of hydrogen-bond donors (Lipinski definition) is 3. The van der Waals surface area contributed by atoms with E-state index >= 15 is 0 Å². The van der Waals surface area contributed by atoms with Crippen molar-refractivity contribution >= 4 is 23.2 Å². The molecule has 1 aromatic rings. The van der Waals surface area contributed by atoms with Crippen molar-refractivity contribution < 1.29 is 9.72 Å². The smallest absolute Gasteiger partial charge is 0.353 e. The average Bonchev–Trinajstić information content (AvgIpc) is 2.37. The Morgan fingerprint density at radius 2 is 2.05 bits per heavy atom. The fourth-order valence-corrected chi connectivity index (χ4v) is 1.55. The van der Waals surface area contributed by atoms with Crippen LogP contribution in [0, 0.1) is 10.1 Å². The second kappa shape index (κ2) is 7.22. The average molecular weight is 282 g/mol. The predicted molar refractivity (Wildman–Crippen MR) is 74.6 cm³/mol. The van der Waals surface area contributed by atoms with Crippen LogP contribution in [0.15, 0.2) is 6.33 Å². The van der Waals surface area contributed by atoms with Crippen LogP contribution in [-0.4, -0.2) is 40.4 Å². The number of amides is 1. The second-order valence-electron chi connectivity index (χ2n) is 4.33. The van der Waals surface area contributed by atoms with Crippen molar-refractivity contribution in [2.75, 3.05) is 24.2 Å². The van der Waals surface area contributed by atoms with Crippen LogP contribution in [0.4, 0.5) is 17.3 Å². The molecule has 0 aromatic carbocycles. The van der Waals surface area contributed by atoms with Crippen molar-refractivity contribution in [2.24, 2.45) is 0 Å². The molecule has 0 spiro atoms. The van der Waals surface area contributed by atoms with Gasteiger partial charge in [-0.25, -0.2) is 9.97 Å². The van der Waals surface area contributed by atoms with Gasteiger partial charge in [-0.1, -0.05) is 0 Å². The maximum atomic E-state index is 11.5. The Hall–Kier alpha value is -2.45. The monoisotopic (exact) mass is 282 g/mol. The van der Waals surface area contributed by atoms with Gasteiger partial charge in [-0.3, -0.25) is 14.9 Å². The number of nitrogens with zero attached hydrogens (tertiary/aromatic N) is 3. The van der Waals surface area contributed by atoms with E-state index in [9.17, 15) is 14.9 Å².